The minimum Gasteiger partial charge on any atom is -0.465 e. The lowest BCUT2D eigenvalue weighted by Gasteiger charge is -2.10. The number of methoxy groups -OCH3 is 1. The molecule has 2 N–H and O–H groups in total. The number of carbonyl (C=O) groups excluding carboxylic acids is 3. The van der Waals surface area contributed by atoms with Gasteiger partial charge in [0.2, 0.25) is 11.8 Å². The molecule has 2 aromatic rings. The van der Waals surface area contributed by atoms with Crippen molar-refractivity contribution in [3.8, 4) is 0 Å². The Morgan fingerprint density at radius 2 is 1.69 bits per heavy atom. The van der Waals surface area contributed by atoms with Gasteiger partial charge in [-0.15, -0.1) is 0 Å². The third-order valence-electron chi connectivity index (χ3n) is 3.39. The van der Waals surface area contributed by atoms with Crippen LogP contribution in [0, 0.1) is 0 Å². The van der Waals surface area contributed by atoms with Crippen molar-refractivity contribution >= 4 is 46.7 Å². The maximum Gasteiger partial charge on any atom is 0.337 e. The Hall–Kier alpha value is -2.57. The SMILES string of the molecule is COC(=O)c1ccc(Cl)c(NC(=O)CNC(=O)Cc2ccc(Cl)cc2)c1. The Balaban J connectivity index is 1.89. The monoisotopic (exact) mass is 394 g/mol. The molecule has 0 aromatic heterocycles. The topological polar surface area (TPSA) is 84.5 Å². The van der Waals surface area contributed by atoms with E-state index in [-0.39, 0.29) is 35.1 Å². The molecule has 136 valence electrons. The van der Waals surface area contributed by atoms with Crippen molar-refractivity contribution < 1.29 is 19.1 Å². The lowest BCUT2D eigenvalue weighted by molar-refractivity contribution is -0.123. The third-order valence-corrected chi connectivity index (χ3v) is 3.97. The maximum atomic E-state index is 12.0. The van der Waals surface area contributed by atoms with Crippen LogP contribution in [0.3, 0.4) is 0 Å². The van der Waals surface area contributed by atoms with Crippen molar-refractivity contribution in [2.24, 2.45) is 0 Å². The Kier molecular flexibility index (Phi) is 7.00. The van der Waals surface area contributed by atoms with Gasteiger partial charge in [-0.05, 0) is 35.9 Å². The number of amides is 2. The van der Waals surface area contributed by atoms with Gasteiger partial charge in [-0.1, -0.05) is 35.3 Å². The van der Waals surface area contributed by atoms with Gasteiger partial charge in [0.15, 0.2) is 0 Å². The Morgan fingerprint density at radius 3 is 2.35 bits per heavy atom. The van der Waals surface area contributed by atoms with Crippen molar-refractivity contribution in [3.05, 3.63) is 63.6 Å². The molecule has 2 aromatic carbocycles. The standard InChI is InChI=1S/C18H16Cl2N2O4/c1-26-18(25)12-4-7-14(20)15(9-12)22-17(24)10-21-16(23)8-11-2-5-13(19)6-3-11/h2-7,9H,8,10H2,1H3,(H,21,23)(H,22,24). The van der Waals surface area contributed by atoms with E-state index in [1.54, 1.807) is 24.3 Å². The molecule has 0 fully saturated rings. The molecule has 0 aliphatic rings. The summed E-state index contributed by atoms with van der Waals surface area (Å²) in [5.74, 6) is -1.33. The van der Waals surface area contributed by atoms with Crippen LogP contribution in [0.15, 0.2) is 42.5 Å². The van der Waals surface area contributed by atoms with Crippen LogP contribution >= 0.6 is 23.2 Å². The lowest BCUT2D eigenvalue weighted by Crippen LogP contribution is -2.33. The van der Waals surface area contributed by atoms with Crippen molar-refractivity contribution in [1.29, 1.82) is 0 Å². The van der Waals surface area contributed by atoms with E-state index in [4.69, 9.17) is 23.2 Å². The second-order valence-corrected chi connectivity index (χ2v) is 6.16. The molecule has 0 aliphatic heterocycles. The highest BCUT2D eigenvalue weighted by Gasteiger charge is 2.12. The van der Waals surface area contributed by atoms with E-state index in [1.807, 2.05) is 0 Å². The van der Waals surface area contributed by atoms with Gasteiger partial charge >= 0.3 is 5.97 Å². The molecule has 0 radical (unpaired) electrons. The first kappa shape index (κ1) is 19.8. The second kappa shape index (κ2) is 9.22. The van der Waals surface area contributed by atoms with Crippen LogP contribution < -0.4 is 10.6 Å². The first-order valence-corrected chi connectivity index (χ1v) is 8.33. The number of rotatable bonds is 6. The minimum absolute atomic E-state index is 0.128. The van der Waals surface area contributed by atoms with Crippen LogP contribution in [0.2, 0.25) is 10.0 Å². The zero-order valence-electron chi connectivity index (χ0n) is 13.8. The van der Waals surface area contributed by atoms with Crippen LogP contribution in [0.1, 0.15) is 15.9 Å². The van der Waals surface area contributed by atoms with Crippen LogP contribution in [0.25, 0.3) is 0 Å². The fourth-order valence-corrected chi connectivity index (χ4v) is 2.38. The van der Waals surface area contributed by atoms with Gasteiger partial charge in [-0.25, -0.2) is 4.79 Å². The molecule has 0 spiro atoms. The number of hydrogen-bond donors (Lipinski definition) is 2. The summed E-state index contributed by atoms with van der Waals surface area (Å²) in [7, 11) is 1.26. The third kappa shape index (κ3) is 5.75. The first-order valence-electron chi connectivity index (χ1n) is 7.58. The number of halogens is 2. The van der Waals surface area contributed by atoms with E-state index in [2.05, 4.69) is 15.4 Å². The van der Waals surface area contributed by atoms with Gasteiger partial charge in [0.05, 0.1) is 36.3 Å². The largest absolute Gasteiger partial charge is 0.465 e. The molecule has 2 rings (SSSR count). The molecule has 8 heteroatoms. The lowest BCUT2D eigenvalue weighted by atomic mass is 10.1. The quantitative estimate of drug-likeness (QED) is 0.737. The summed E-state index contributed by atoms with van der Waals surface area (Å²) in [6, 6.07) is 11.2. The van der Waals surface area contributed by atoms with Crippen LogP contribution in [0.4, 0.5) is 5.69 Å². The molecule has 0 bridgehead atoms. The molecule has 0 aliphatic carbocycles. The highest BCUT2D eigenvalue weighted by Crippen LogP contribution is 2.23. The number of ether oxygens (including phenoxy) is 1. The number of esters is 1. The molecule has 0 saturated heterocycles. The molecule has 0 atom stereocenters. The van der Waals surface area contributed by atoms with Crippen molar-refractivity contribution in [1.82, 2.24) is 5.32 Å². The highest BCUT2D eigenvalue weighted by molar-refractivity contribution is 6.34. The van der Waals surface area contributed by atoms with Gasteiger partial charge in [0.1, 0.15) is 0 Å². The van der Waals surface area contributed by atoms with Crippen molar-refractivity contribution in [2.45, 2.75) is 6.42 Å². The Bertz CT molecular complexity index is 822. The summed E-state index contributed by atoms with van der Waals surface area (Å²) in [4.78, 5) is 35.4. The van der Waals surface area contributed by atoms with Crippen LogP contribution in [0.5, 0.6) is 0 Å². The normalized spacial score (nSPS) is 10.1. The molecular formula is C18H16Cl2N2O4. The fourth-order valence-electron chi connectivity index (χ4n) is 2.09. The zero-order valence-corrected chi connectivity index (χ0v) is 15.4. The second-order valence-electron chi connectivity index (χ2n) is 5.31. The van der Waals surface area contributed by atoms with E-state index >= 15 is 0 Å². The summed E-state index contributed by atoms with van der Waals surface area (Å²) in [6.07, 6.45) is 0.128. The zero-order chi connectivity index (χ0) is 19.1. The van der Waals surface area contributed by atoms with Gasteiger partial charge in [-0.3, -0.25) is 9.59 Å². The van der Waals surface area contributed by atoms with Gasteiger partial charge in [-0.2, -0.15) is 0 Å². The van der Waals surface area contributed by atoms with Gasteiger partial charge in [0, 0.05) is 5.02 Å². The van der Waals surface area contributed by atoms with Gasteiger partial charge in [0.25, 0.3) is 0 Å². The van der Waals surface area contributed by atoms with E-state index in [9.17, 15) is 14.4 Å². The first-order chi connectivity index (χ1) is 12.4. The Morgan fingerprint density at radius 1 is 1.00 bits per heavy atom. The average Bonchev–Trinajstić information content (AvgIpc) is 2.63. The van der Waals surface area contributed by atoms with E-state index in [0.717, 1.165) is 5.56 Å². The van der Waals surface area contributed by atoms with E-state index < -0.39 is 11.9 Å². The summed E-state index contributed by atoms with van der Waals surface area (Å²) in [5, 5.41) is 5.91. The molecule has 0 heterocycles. The summed E-state index contributed by atoms with van der Waals surface area (Å²) >= 11 is 11.8. The Labute approximate surface area is 160 Å². The average molecular weight is 395 g/mol. The molecule has 0 unspecified atom stereocenters. The number of benzene rings is 2. The number of carbonyl (C=O) groups is 3. The molecule has 0 saturated carbocycles. The number of nitrogens with one attached hydrogen (secondary N) is 2. The minimum atomic E-state index is -0.548. The van der Waals surface area contributed by atoms with E-state index in [1.165, 1.54) is 25.3 Å². The maximum absolute atomic E-state index is 12.0. The van der Waals surface area contributed by atoms with Crippen molar-refractivity contribution in [2.75, 3.05) is 19.0 Å². The number of anilines is 1. The highest BCUT2D eigenvalue weighted by atomic mass is 35.5. The molecule has 2 amide bonds. The molecular weight excluding hydrogens is 379 g/mol. The summed E-state index contributed by atoms with van der Waals surface area (Å²) < 4.78 is 4.62. The molecule has 26 heavy (non-hydrogen) atoms. The van der Waals surface area contributed by atoms with Crippen LogP contribution in [-0.2, 0) is 20.7 Å². The molecule has 6 nitrogen and oxygen atoms in total. The van der Waals surface area contributed by atoms with Crippen LogP contribution in [-0.4, -0.2) is 31.4 Å². The number of hydrogen-bond acceptors (Lipinski definition) is 4. The summed E-state index contributed by atoms with van der Waals surface area (Å²) in [6.45, 7) is -0.231. The predicted molar refractivity (Wildman–Crippen MR) is 99.6 cm³/mol. The predicted octanol–water partition coefficient (Wildman–Crippen LogP) is 3.08. The smallest absolute Gasteiger partial charge is 0.337 e. The van der Waals surface area contributed by atoms with E-state index in [0.29, 0.717) is 5.02 Å². The van der Waals surface area contributed by atoms with Crippen molar-refractivity contribution in [3.63, 3.8) is 0 Å². The van der Waals surface area contributed by atoms with Gasteiger partial charge < -0.3 is 15.4 Å². The fraction of sp³-hybridized carbons (Fsp3) is 0.167. The summed E-state index contributed by atoms with van der Waals surface area (Å²) in [5.41, 5.74) is 1.28.